The van der Waals surface area contributed by atoms with E-state index in [0.717, 1.165) is 11.9 Å². The molecule has 0 saturated heterocycles. The average Bonchev–Trinajstić information content (AvgIpc) is 3.26. The third-order valence-corrected chi connectivity index (χ3v) is 7.12. The number of ether oxygens (including phenoxy) is 1. The van der Waals surface area contributed by atoms with Gasteiger partial charge in [0.1, 0.15) is 10.8 Å². The fourth-order valence-corrected chi connectivity index (χ4v) is 4.56. The first-order valence-corrected chi connectivity index (χ1v) is 13.3. The highest BCUT2D eigenvalue weighted by Gasteiger charge is 2.44. The van der Waals surface area contributed by atoms with E-state index in [1.54, 1.807) is 28.8 Å². The zero-order chi connectivity index (χ0) is 26.4. The van der Waals surface area contributed by atoms with Crippen molar-refractivity contribution in [1.29, 1.82) is 0 Å². The summed E-state index contributed by atoms with van der Waals surface area (Å²) in [6.07, 6.45) is 1.05. The van der Waals surface area contributed by atoms with Crippen LogP contribution in [0.5, 0.6) is 5.75 Å². The quantitative estimate of drug-likeness (QED) is 0.412. The molecule has 1 aromatic carbocycles. The van der Waals surface area contributed by atoms with Crippen LogP contribution in [0, 0.1) is 0 Å². The molecule has 192 valence electrons. The normalized spacial score (nSPS) is 13.2. The van der Waals surface area contributed by atoms with Crippen LogP contribution in [0.2, 0.25) is 5.02 Å². The lowest BCUT2D eigenvalue weighted by Crippen LogP contribution is -2.57. The van der Waals surface area contributed by atoms with Crippen molar-refractivity contribution < 1.29 is 17.9 Å². The summed E-state index contributed by atoms with van der Waals surface area (Å²) in [4.78, 5) is 12.9. The standard InChI is InChI=1S/C23H33ClN6O4S/c1-21(2,3)18-17(24)19-26-27-20(30(19)28-18)22(4,5)23(6,7)25-16(31)13-34-15-12-10-9-11-14(15)29-35(8,32)33/h9-12,28-29H,13H2,1-8H3,(H,25,31). The van der Waals surface area contributed by atoms with E-state index >= 15 is 0 Å². The fraction of sp³-hybridized carbons (Fsp3) is 0.522. The predicted octanol–water partition coefficient (Wildman–Crippen LogP) is 3.63. The fourth-order valence-electron chi connectivity index (χ4n) is 3.55. The first-order valence-electron chi connectivity index (χ1n) is 11.1. The molecule has 0 atom stereocenters. The van der Waals surface area contributed by atoms with Gasteiger partial charge in [0.2, 0.25) is 10.0 Å². The highest BCUT2D eigenvalue weighted by atomic mass is 35.5. The molecule has 0 aliphatic carbocycles. The van der Waals surface area contributed by atoms with Crippen LogP contribution in [0.1, 0.15) is 60.0 Å². The minimum absolute atomic E-state index is 0.220. The number of carbonyl (C=O) groups is 1. The van der Waals surface area contributed by atoms with Crippen molar-refractivity contribution in [3.05, 3.63) is 40.8 Å². The summed E-state index contributed by atoms with van der Waals surface area (Å²) >= 11 is 6.57. The molecule has 12 heteroatoms. The summed E-state index contributed by atoms with van der Waals surface area (Å²) in [6, 6.07) is 6.51. The minimum Gasteiger partial charge on any atom is -0.482 e. The van der Waals surface area contributed by atoms with Gasteiger partial charge in [0, 0.05) is 16.4 Å². The Morgan fingerprint density at radius 1 is 1.11 bits per heavy atom. The molecule has 3 rings (SSSR count). The van der Waals surface area contributed by atoms with Gasteiger partial charge in [-0.2, -0.15) is 0 Å². The van der Waals surface area contributed by atoms with Crippen molar-refractivity contribution in [2.75, 3.05) is 17.6 Å². The number of para-hydroxylation sites is 2. The first-order chi connectivity index (χ1) is 15.9. The summed E-state index contributed by atoms with van der Waals surface area (Å²) < 4.78 is 33.0. The number of hydrogen-bond donors (Lipinski definition) is 3. The van der Waals surface area contributed by atoms with E-state index in [0.29, 0.717) is 16.5 Å². The first kappa shape index (κ1) is 26.8. The van der Waals surface area contributed by atoms with Gasteiger partial charge in [0.25, 0.3) is 5.91 Å². The molecule has 0 spiro atoms. The van der Waals surface area contributed by atoms with Crippen molar-refractivity contribution >= 4 is 38.9 Å². The molecular formula is C23H33ClN6O4S. The third-order valence-electron chi connectivity index (χ3n) is 6.17. The van der Waals surface area contributed by atoms with E-state index < -0.39 is 21.0 Å². The van der Waals surface area contributed by atoms with Crippen molar-refractivity contribution in [2.45, 2.75) is 64.8 Å². The zero-order valence-corrected chi connectivity index (χ0v) is 22.8. The number of sulfonamides is 1. The summed E-state index contributed by atoms with van der Waals surface area (Å²) in [7, 11) is -3.50. The van der Waals surface area contributed by atoms with E-state index in [4.69, 9.17) is 16.3 Å². The number of nitrogens with one attached hydrogen (secondary N) is 3. The highest BCUT2D eigenvalue weighted by Crippen LogP contribution is 2.37. The molecular weight excluding hydrogens is 492 g/mol. The Morgan fingerprint density at radius 2 is 1.74 bits per heavy atom. The average molecular weight is 525 g/mol. The number of carbonyl (C=O) groups excluding carboxylic acids is 1. The van der Waals surface area contributed by atoms with Crippen LogP contribution in [-0.2, 0) is 25.6 Å². The second kappa shape index (κ2) is 9.02. The van der Waals surface area contributed by atoms with Crippen molar-refractivity contribution in [2.24, 2.45) is 0 Å². The Kier molecular flexibility index (Phi) is 6.91. The Labute approximate surface area is 210 Å². The van der Waals surface area contributed by atoms with Crippen LogP contribution in [0.15, 0.2) is 24.3 Å². The number of halogens is 1. The number of amides is 1. The van der Waals surface area contributed by atoms with E-state index in [-0.39, 0.29) is 29.4 Å². The maximum Gasteiger partial charge on any atom is 0.258 e. The molecule has 1 amide bonds. The highest BCUT2D eigenvalue weighted by molar-refractivity contribution is 7.92. The monoisotopic (exact) mass is 524 g/mol. The molecule has 0 unspecified atom stereocenters. The number of benzene rings is 1. The van der Waals surface area contributed by atoms with Gasteiger partial charge in [-0.25, -0.2) is 12.9 Å². The largest absolute Gasteiger partial charge is 0.482 e. The number of rotatable bonds is 8. The molecule has 35 heavy (non-hydrogen) atoms. The molecule has 0 bridgehead atoms. The van der Waals surface area contributed by atoms with Crippen LogP contribution < -0.4 is 14.8 Å². The molecule has 0 radical (unpaired) electrons. The van der Waals surface area contributed by atoms with E-state index in [1.807, 2.05) is 27.7 Å². The Hall–Kier alpha value is -2.79. The molecule has 3 N–H and O–H groups in total. The smallest absolute Gasteiger partial charge is 0.258 e. The summed E-state index contributed by atoms with van der Waals surface area (Å²) in [6.45, 7) is 13.5. The van der Waals surface area contributed by atoms with Gasteiger partial charge in [-0.15, -0.1) is 10.2 Å². The number of fused-ring (bicyclic) bond motifs is 1. The minimum atomic E-state index is -3.50. The summed E-state index contributed by atoms with van der Waals surface area (Å²) in [5, 5.41) is 15.5. The molecule has 2 aromatic heterocycles. The van der Waals surface area contributed by atoms with E-state index in [9.17, 15) is 13.2 Å². The van der Waals surface area contributed by atoms with Crippen molar-refractivity contribution in [3.8, 4) is 5.75 Å². The van der Waals surface area contributed by atoms with Gasteiger partial charge in [-0.1, -0.05) is 58.4 Å². The molecule has 10 nitrogen and oxygen atoms in total. The van der Waals surface area contributed by atoms with Gasteiger partial charge in [0.15, 0.2) is 18.1 Å². The SMILES string of the molecule is CC(C)(C)c1[nH]n2c(C(C)(C)C(C)(C)NC(=O)COc3ccccc3NS(C)(=O)=O)nnc2c1Cl. The van der Waals surface area contributed by atoms with Gasteiger partial charge in [-0.3, -0.25) is 14.6 Å². The number of anilines is 1. The second-order valence-electron chi connectivity index (χ2n) is 10.7. The van der Waals surface area contributed by atoms with Crippen LogP contribution in [-0.4, -0.2) is 52.5 Å². The Balaban J connectivity index is 1.80. The van der Waals surface area contributed by atoms with E-state index in [2.05, 4.69) is 46.1 Å². The molecule has 0 fully saturated rings. The van der Waals surface area contributed by atoms with Crippen molar-refractivity contribution in [3.63, 3.8) is 0 Å². The van der Waals surface area contributed by atoms with Crippen LogP contribution in [0.4, 0.5) is 5.69 Å². The molecule has 0 aliphatic rings. The Bertz CT molecular complexity index is 1350. The van der Waals surface area contributed by atoms with Gasteiger partial charge >= 0.3 is 0 Å². The molecule has 2 heterocycles. The number of aromatic amines is 1. The predicted molar refractivity (Wildman–Crippen MR) is 137 cm³/mol. The van der Waals surface area contributed by atoms with Crippen LogP contribution in [0.25, 0.3) is 5.65 Å². The van der Waals surface area contributed by atoms with Crippen LogP contribution in [0.3, 0.4) is 0 Å². The third kappa shape index (κ3) is 5.56. The van der Waals surface area contributed by atoms with Gasteiger partial charge in [-0.05, 0) is 26.0 Å². The lowest BCUT2D eigenvalue weighted by atomic mass is 9.73. The van der Waals surface area contributed by atoms with E-state index in [1.165, 1.54) is 0 Å². The maximum atomic E-state index is 12.9. The lowest BCUT2D eigenvalue weighted by molar-refractivity contribution is -0.125. The number of nitrogens with zero attached hydrogens (tertiary/aromatic N) is 3. The lowest BCUT2D eigenvalue weighted by Gasteiger charge is -2.40. The maximum absolute atomic E-state index is 12.9. The number of hydrogen-bond acceptors (Lipinski definition) is 6. The van der Waals surface area contributed by atoms with Gasteiger partial charge in [0.05, 0.1) is 17.6 Å². The summed E-state index contributed by atoms with van der Waals surface area (Å²) in [5.74, 6) is 0.483. The van der Waals surface area contributed by atoms with Crippen molar-refractivity contribution in [1.82, 2.24) is 25.1 Å². The number of aromatic nitrogens is 4. The Morgan fingerprint density at radius 3 is 2.34 bits per heavy atom. The van der Waals surface area contributed by atoms with Crippen LogP contribution >= 0.6 is 11.6 Å². The number of H-pyrrole nitrogens is 1. The topological polar surface area (TPSA) is 130 Å². The molecule has 0 saturated carbocycles. The van der Waals surface area contributed by atoms with Gasteiger partial charge < -0.3 is 10.1 Å². The zero-order valence-electron chi connectivity index (χ0n) is 21.3. The summed E-state index contributed by atoms with van der Waals surface area (Å²) in [5.41, 5.74) is -0.0475. The molecule has 3 aromatic rings. The molecule has 0 aliphatic heterocycles. The second-order valence-corrected chi connectivity index (χ2v) is 12.8.